The summed E-state index contributed by atoms with van der Waals surface area (Å²) in [5.74, 6) is 1.19. The Morgan fingerprint density at radius 1 is 1.14 bits per heavy atom. The van der Waals surface area contributed by atoms with Gasteiger partial charge in [-0.15, -0.1) is 0 Å². The number of rotatable bonds is 8. The maximum Gasteiger partial charge on any atom is 0.255 e. The minimum atomic E-state index is -0.175. The lowest BCUT2D eigenvalue weighted by molar-refractivity contribution is 0.0949. The minimum Gasteiger partial charge on any atom is -0.497 e. The summed E-state index contributed by atoms with van der Waals surface area (Å²) in [5.41, 5.74) is 3.17. The van der Waals surface area contributed by atoms with Gasteiger partial charge in [0.2, 0.25) is 0 Å². The molecular formula is C22H24ClN3O3. The summed E-state index contributed by atoms with van der Waals surface area (Å²) in [6, 6.07) is 12.9. The zero-order chi connectivity index (χ0) is 20.8. The molecule has 0 spiro atoms. The lowest BCUT2D eigenvalue weighted by Crippen LogP contribution is -2.24. The van der Waals surface area contributed by atoms with Crippen molar-refractivity contribution in [1.82, 2.24) is 15.1 Å². The van der Waals surface area contributed by atoms with Crippen molar-refractivity contribution in [2.24, 2.45) is 0 Å². The molecule has 1 amide bonds. The summed E-state index contributed by atoms with van der Waals surface area (Å²) in [4.78, 5) is 12.9. The topological polar surface area (TPSA) is 65.4 Å². The largest absolute Gasteiger partial charge is 0.497 e. The van der Waals surface area contributed by atoms with E-state index in [1.165, 1.54) is 0 Å². The van der Waals surface area contributed by atoms with Crippen molar-refractivity contribution >= 4 is 17.5 Å². The van der Waals surface area contributed by atoms with Gasteiger partial charge >= 0.3 is 0 Å². The zero-order valence-electron chi connectivity index (χ0n) is 16.7. The first-order valence-corrected chi connectivity index (χ1v) is 9.77. The van der Waals surface area contributed by atoms with Gasteiger partial charge in [0.15, 0.2) is 0 Å². The second-order valence-electron chi connectivity index (χ2n) is 6.50. The molecule has 0 aliphatic rings. The lowest BCUT2D eigenvalue weighted by atomic mass is 10.1. The summed E-state index contributed by atoms with van der Waals surface area (Å²) < 4.78 is 12.4. The lowest BCUT2D eigenvalue weighted by Gasteiger charge is -2.12. The van der Waals surface area contributed by atoms with Crippen molar-refractivity contribution in [3.8, 4) is 17.2 Å². The van der Waals surface area contributed by atoms with E-state index in [1.807, 2.05) is 36.4 Å². The molecule has 1 N–H and O–H groups in total. The Hall–Kier alpha value is -2.99. The van der Waals surface area contributed by atoms with Gasteiger partial charge in [-0.1, -0.05) is 24.9 Å². The molecule has 6 nitrogen and oxygen atoms in total. The van der Waals surface area contributed by atoms with E-state index in [0.717, 1.165) is 29.8 Å². The molecule has 1 heterocycles. The number of benzene rings is 2. The summed E-state index contributed by atoms with van der Waals surface area (Å²) >= 11 is 5.99. The average Bonchev–Trinajstić information content (AvgIpc) is 3.16. The van der Waals surface area contributed by atoms with E-state index >= 15 is 0 Å². The van der Waals surface area contributed by atoms with Crippen LogP contribution in [-0.4, -0.2) is 29.9 Å². The molecule has 3 aromatic rings. The van der Waals surface area contributed by atoms with Crippen molar-refractivity contribution in [3.63, 3.8) is 0 Å². The van der Waals surface area contributed by atoms with Crippen molar-refractivity contribution in [2.75, 3.05) is 14.2 Å². The van der Waals surface area contributed by atoms with Crippen molar-refractivity contribution in [1.29, 1.82) is 0 Å². The Morgan fingerprint density at radius 3 is 2.55 bits per heavy atom. The molecule has 3 rings (SSSR count). The molecule has 1 aromatic heterocycles. The number of carbonyl (C=O) groups is 1. The quantitative estimate of drug-likeness (QED) is 0.593. The van der Waals surface area contributed by atoms with Gasteiger partial charge in [-0.25, -0.2) is 4.68 Å². The molecule has 0 saturated carbocycles. The fraction of sp³-hybridized carbons (Fsp3) is 0.273. The van der Waals surface area contributed by atoms with Gasteiger partial charge in [0, 0.05) is 23.2 Å². The van der Waals surface area contributed by atoms with Gasteiger partial charge in [-0.3, -0.25) is 4.79 Å². The Labute approximate surface area is 175 Å². The van der Waals surface area contributed by atoms with Crippen molar-refractivity contribution in [2.45, 2.75) is 26.3 Å². The Morgan fingerprint density at radius 2 is 1.90 bits per heavy atom. The fourth-order valence-electron chi connectivity index (χ4n) is 3.11. The van der Waals surface area contributed by atoms with Crippen LogP contribution in [0.3, 0.4) is 0 Å². The van der Waals surface area contributed by atoms with Crippen LogP contribution in [0.5, 0.6) is 11.5 Å². The molecule has 0 unspecified atom stereocenters. The maximum absolute atomic E-state index is 12.9. The molecule has 29 heavy (non-hydrogen) atoms. The van der Waals surface area contributed by atoms with E-state index in [9.17, 15) is 4.79 Å². The number of nitrogens with zero attached hydrogens (tertiary/aromatic N) is 2. The third kappa shape index (κ3) is 4.71. The van der Waals surface area contributed by atoms with Crippen LogP contribution in [0.15, 0.2) is 48.7 Å². The van der Waals surface area contributed by atoms with E-state index in [-0.39, 0.29) is 5.91 Å². The molecule has 7 heteroatoms. The number of amides is 1. The molecule has 0 saturated heterocycles. The Kier molecular flexibility index (Phi) is 6.77. The number of methoxy groups -OCH3 is 2. The summed E-state index contributed by atoms with van der Waals surface area (Å²) in [6.45, 7) is 2.41. The van der Waals surface area contributed by atoms with Gasteiger partial charge in [-0.2, -0.15) is 5.10 Å². The van der Waals surface area contributed by atoms with Crippen LogP contribution in [0.25, 0.3) is 5.69 Å². The van der Waals surface area contributed by atoms with E-state index < -0.39 is 0 Å². The number of ether oxygens (including phenoxy) is 2. The number of carbonyl (C=O) groups excluding carboxylic acids is 1. The molecule has 0 bridgehead atoms. The van der Waals surface area contributed by atoms with Crippen LogP contribution in [-0.2, 0) is 13.0 Å². The summed E-state index contributed by atoms with van der Waals surface area (Å²) in [7, 11) is 3.19. The molecule has 0 radical (unpaired) electrons. The predicted molar refractivity (Wildman–Crippen MR) is 113 cm³/mol. The van der Waals surface area contributed by atoms with E-state index in [1.54, 1.807) is 31.2 Å². The number of aromatic nitrogens is 2. The van der Waals surface area contributed by atoms with E-state index in [4.69, 9.17) is 21.1 Å². The summed E-state index contributed by atoms with van der Waals surface area (Å²) in [5, 5.41) is 8.06. The number of hydrogen-bond acceptors (Lipinski definition) is 4. The molecule has 0 aliphatic heterocycles. The molecular weight excluding hydrogens is 390 g/mol. The minimum absolute atomic E-state index is 0.175. The molecule has 152 valence electrons. The van der Waals surface area contributed by atoms with Crippen LogP contribution in [0.1, 0.15) is 35.0 Å². The Bertz CT molecular complexity index is 983. The molecule has 0 fully saturated rings. The molecule has 2 aromatic carbocycles. The van der Waals surface area contributed by atoms with Gasteiger partial charge in [-0.05, 0) is 42.8 Å². The number of hydrogen-bond donors (Lipinski definition) is 1. The first-order valence-electron chi connectivity index (χ1n) is 9.39. The fourth-order valence-corrected chi connectivity index (χ4v) is 3.24. The highest BCUT2D eigenvalue weighted by atomic mass is 35.5. The van der Waals surface area contributed by atoms with Crippen LogP contribution in [0, 0.1) is 0 Å². The van der Waals surface area contributed by atoms with Crippen LogP contribution < -0.4 is 14.8 Å². The predicted octanol–water partition coefficient (Wildman–Crippen LogP) is 4.43. The molecule has 0 atom stereocenters. The monoisotopic (exact) mass is 413 g/mol. The number of nitrogens with one attached hydrogen (secondary N) is 1. The second-order valence-corrected chi connectivity index (χ2v) is 6.94. The van der Waals surface area contributed by atoms with Crippen molar-refractivity contribution < 1.29 is 14.3 Å². The van der Waals surface area contributed by atoms with Gasteiger partial charge in [0.25, 0.3) is 5.91 Å². The normalized spacial score (nSPS) is 10.6. The van der Waals surface area contributed by atoms with Crippen LogP contribution in [0.4, 0.5) is 0 Å². The standard InChI is InChI=1S/C22H24ClN3O3/c1-4-5-20-19(14-25-26(20)17-9-7-16(23)8-10-17)22(27)24-13-15-6-11-18(28-2)12-21(15)29-3/h6-12,14H,4-5,13H2,1-3H3,(H,24,27). The molecule has 0 aliphatic carbocycles. The van der Waals surface area contributed by atoms with Crippen LogP contribution >= 0.6 is 11.6 Å². The first-order chi connectivity index (χ1) is 14.1. The summed E-state index contributed by atoms with van der Waals surface area (Å²) in [6.07, 6.45) is 3.24. The second kappa shape index (κ2) is 9.47. The first kappa shape index (κ1) is 20.7. The highest BCUT2D eigenvalue weighted by molar-refractivity contribution is 6.30. The Balaban J connectivity index is 1.81. The maximum atomic E-state index is 12.9. The van der Waals surface area contributed by atoms with Crippen molar-refractivity contribution in [3.05, 3.63) is 70.5 Å². The highest BCUT2D eigenvalue weighted by Crippen LogP contribution is 2.25. The van der Waals surface area contributed by atoms with Gasteiger partial charge in [0.1, 0.15) is 11.5 Å². The zero-order valence-corrected chi connectivity index (χ0v) is 17.5. The van der Waals surface area contributed by atoms with Crippen LogP contribution in [0.2, 0.25) is 5.02 Å². The SMILES string of the molecule is CCCc1c(C(=O)NCc2ccc(OC)cc2OC)cnn1-c1ccc(Cl)cc1. The third-order valence-electron chi connectivity index (χ3n) is 4.61. The highest BCUT2D eigenvalue weighted by Gasteiger charge is 2.18. The van der Waals surface area contributed by atoms with Gasteiger partial charge < -0.3 is 14.8 Å². The van der Waals surface area contributed by atoms with Gasteiger partial charge in [0.05, 0.1) is 37.4 Å². The number of halogens is 1. The van der Waals surface area contributed by atoms with E-state index in [0.29, 0.717) is 28.6 Å². The smallest absolute Gasteiger partial charge is 0.255 e. The van der Waals surface area contributed by atoms with E-state index in [2.05, 4.69) is 17.3 Å². The average molecular weight is 414 g/mol. The third-order valence-corrected chi connectivity index (χ3v) is 4.86.